The van der Waals surface area contributed by atoms with Crippen LogP contribution in [0.15, 0.2) is 66.7 Å². The molecule has 0 amide bonds. The monoisotopic (exact) mass is 265 g/mol. The molecule has 100 valence electrons. The molecule has 0 spiro atoms. The molecule has 1 unspecified atom stereocenters. The lowest BCUT2D eigenvalue weighted by Gasteiger charge is -2.18. The summed E-state index contributed by atoms with van der Waals surface area (Å²) in [5.41, 5.74) is 2.07. The van der Waals surface area contributed by atoms with Gasteiger partial charge in [0, 0.05) is 0 Å². The zero-order valence-electron chi connectivity index (χ0n) is 11.3. The molecule has 0 bridgehead atoms. The fourth-order valence-corrected chi connectivity index (χ4v) is 2.60. The third-order valence-electron chi connectivity index (χ3n) is 3.58. The molecule has 0 heterocycles. The van der Waals surface area contributed by atoms with E-state index in [1.807, 2.05) is 25.2 Å². The summed E-state index contributed by atoms with van der Waals surface area (Å²) in [4.78, 5) is 0. The highest BCUT2D eigenvalue weighted by Gasteiger charge is 2.12. The normalized spacial score (nSPS) is 12.5. The van der Waals surface area contributed by atoms with Crippen molar-refractivity contribution in [2.24, 2.45) is 0 Å². The molecule has 3 aromatic carbocycles. The number of hydrogen-bond acceptors (Lipinski definition) is 1. The number of fused-ring (bicyclic) bond motifs is 1. The first kappa shape index (κ1) is 12.8. The zero-order valence-corrected chi connectivity index (χ0v) is 11.3. The second kappa shape index (κ2) is 5.43. The molecular formula is C18H16FN. The van der Waals surface area contributed by atoms with Crippen LogP contribution in [0.3, 0.4) is 0 Å². The van der Waals surface area contributed by atoms with Crippen molar-refractivity contribution in [1.82, 2.24) is 5.32 Å². The quantitative estimate of drug-likeness (QED) is 0.745. The smallest absolute Gasteiger partial charge is 0.123 e. The molecule has 1 nitrogen and oxygen atoms in total. The predicted octanol–water partition coefficient (Wildman–Crippen LogP) is 4.29. The first-order valence-corrected chi connectivity index (χ1v) is 6.69. The Morgan fingerprint density at radius 3 is 2.30 bits per heavy atom. The van der Waals surface area contributed by atoms with Gasteiger partial charge in [-0.1, -0.05) is 48.5 Å². The van der Waals surface area contributed by atoms with Crippen LogP contribution in [-0.4, -0.2) is 7.05 Å². The maximum Gasteiger partial charge on any atom is 0.123 e. The maximum absolute atomic E-state index is 13.4. The fraction of sp³-hybridized carbons (Fsp3) is 0.111. The van der Waals surface area contributed by atoms with Crippen LogP contribution < -0.4 is 5.32 Å². The van der Waals surface area contributed by atoms with E-state index in [9.17, 15) is 4.39 Å². The molecule has 0 aliphatic rings. The fourth-order valence-electron chi connectivity index (χ4n) is 2.60. The summed E-state index contributed by atoms with van der Waals surface area (Å²) in [5, 5.41) is 5.67. The van der Waals surface area contributed by atoms with Crippen LogP contribution in [0.4, 0.5) is 4.39 Å². The Kier molecular flexibility index (Phi) is 3.48. The van der Waals surface area contributed by atoms with Gasteiger partial charge in [-0.2, -0.15) is 0 Å². The number of nitrogens with one attached hydrogen (secondary N) is 1. The summed E-state index contributed by atoms with van der Waals surface area (Å²) in [7, 11) is 1.89. The van der Waals surface area contributed by atoms with Crippen LogP contribution >= 0.6 is 0 Å². The van der Waals surface area contributed by atoms with E-state index in [0.29, 0.717) is 0 Å². The van der Waals surface area contributed by atoms with Crippen LogP contribution in [0.1, 0.15) is 17.2 Å². The van der Waals surface area contributed by atoms with Gasteiger partial charge in [0.15, 0.2) is 0 Å². The number of halogens is 1. The molecule has 1 N–H and O–H groups in total. The summed E-state index contributed by atoms with van der Waals surface area (Å²) in [5.74, 6) is -0.205. The molecule has 0 radical (unpaired) electrons. The number of benzene rings is 3. The van der Waals surface area contributed by atoms with Gasteiger partial charge in [0.1, 0.15) is 5.82 Å². The van der Waals surface area contributed by atoms with Crippen molar-refractivity contribution in [3.05, 3.63) is 83.7 Å². The molecule has 0 fully saturated rings. The average Bonchev–Trinajstić information content (AvgIpc) is 2.48. The van der Waals surface area contributed by atoms with Crippen molar-refractivity contribution in [1.29, 1.82) is 0 Å². The van der Waals surface area contributed by atoms with Crippen molar-refractivity contribution in [3.63, 3.8) is 0 Å². The van der Waals surface area contributed by atoms with Crippen LogP contribution in [0.5, 0.6) is 0 Å². The Labute approximate surface area is 118 Å². The second-order valence-electron chi connectivity index (χ2n) is 4.88. The van der Waals surface area contributed by atoms with Gasteiger partial charge < -0.3 is 5.32 Å². The van der Waals surface area contributed by atoms with Crippen molar-refractivity contribution in [2.75, 3.05) is 7.05 Å². The molecule has 0 aromatic heterocycles. The molecule has 0 aliphatic carbocycles. The molecular weight excluding hydrogens is 249 g/mol. The lowest BCUT2D eigenvalue weighted by Crippen LogP contribution is -2.17. The van der Waals surface area contributed by atoms with E-state index in [1.165, 1.54) is 16.8 Å². The third-order valence-corrected chi connectivity index (χ3v) is 3.58. The lowest BCUT2D eigenvalue weighted by atomic mass is 9.96. The van der Waals surface area contributed by atoms with Crippen LogP contribution in [0.2, 0.25) is 0 Å². The van der Waals surface area contributed by atoms with Gasteiger partial charge >= 0.3 is 0 Å². The highest BCUT2D eigenvalue weighted by molar-refractivity contribution is 5.83. The Hall–Kier alpha value is -2.19. The van der Waals surface area contributed by atoms with Gasteiger partial charge in [-0.15, -0.1) is 0 Å². The van der Waals surface area contributed by atoms with Gasteiger partial charge in [-0.05, 0) is 47.1 Å². The standard InChI is InChI=1S/C18H16FN/c1-20-18(15-7-4-8-17(19)12-15)16-10-9-13-5-2-3-6-14(13)11-16/h2-12,18,20H,1H3. The first-order chi connectivity index (χ1) is 9.78. The summed E-state index contributed by atoms with van der Waals surface area (Å²) in [6.45, 7) is 0. The van der Waals surface area contributed by atoms with E-state index in [0.717, 1.165) is 11.1 Å². The first-order valence-electron chi connectivity index (χ1n) is 6.69. The summed E-state index contributed by atoms with van der Waals surface area (Å²) in [6.07, 6.45) is 0. The lowest BCUT2D eigenvalue weighted by molar-refractivity contribution is 0.617. The topological polar surface area (TPSA) is 12.0 Å². The van der Waals surface area contributed by atoms with Gasteiger partial charge in [0.25, 0.3) is 0 Å². The van der Waals surface area contributed by atoms with Gasteiger partial charge in [0.05, 0.1) is 6.04 Å². The zero-order chi connectivity index (χ0) is 13.9. The molecule has 3 rings (SSSR count). The van der Waals surface area contributed by atoms with E-state index in [4.69, 9.17) is 0 Å². The van der Waals surface area contributed by atoms with Crippen molar-refractivity contribution >= 4 is 10.8 Å². The summed E-state index contributed by atoms with van der Waals surface area (Å²) >= 11 is 0. The molecule has 20 heavy (non-hydrogen) atoms. The minimum absolute atomic E-state index is 0.00435. The largest absolute Gasteiger partial charge is 0.309 e. The summed E-state index contributed by atoms with van der Waals surface area (Å²) in [6, 6.07) is 21.3. The molecule has 0 saturated heterocycles. The highest BCUT2D eigenvalue weighted by Crippen LogP contribution is 2.25. The van der Waals surface area contributed by atoms with Gasteiger partial charge in [-0.25, -0.2) is 4.39 Å². The maximum atomic E-state index is 13.4. The van der Waals surface area contributed by atoms with E-state index in [1.54, 1.807) is 12.1 Å². The Morgan fingerprint density at radius 1 is 0.800 bits per heavy atom. The second-order valence-corrected chi connectivity index (χ2v) is 4.88. The van der Waals surface area contributed by atoms with Crippen LogP contribution in [0, 0.1) is 5.82 Å². The Balaban J connectivity index is 2.07. The molecule has 1 atom stereocenters. The SMILES string of the molecule is CNC(c1cccc(F)c1)c1ccc2ccccc2c1. The Bertz CT molecular complexity index is 736. The molecule has 2 heteroatoms. The minimum Gasteiger partial charge on any atom is -0.309 e. The average molecular weight is 265 g/mol. The predicted molar refractivity (Wildman–Crippen MR) is 81.3 cm³/mol. The van der Waals surface area contributed by atoms with E-state index in [2.05, 4.69) is 35.6 Å². The highest BCUT2D eigenvalue weighted by atomic mass is 19.1. The molecule has 0 saturated carbocycles. The number of hydrogen-bond donors (Lipinski definition) is 1. The minimum atomic E-state index is -0.205. The molecule has 0 aliphatic heterocycles. The van der Waals surface area contributed by atoms with Gasteiger partial charge in [0.2, 0.25) is 0 Å². The van der Waals surface area contributed by atoms with E-state index >= 15 is 0 Å². The van der Waals surface area contributed by atoms with Crippen LogP contribution in [-0.2, 0) is 0 Å². The number of rotatable bonds is 3. The van der Waals surface area contributed by atoms with Crippen molar-refractivity contribution in [3.8, 4) is 0 Å². The Morgan fingerprint density at radius 2 is 1.55 bits per heavy atom. The molecule has 3 aromatic rings. The van der Waals surface area contributed by atoms with Crippen molar-refractivity contribution in [2.45, 2.75) is 6.04 Å². The third kappa shape index (κ3) is 2.43. The van der Waals surface area contributed by atoms with Gasteiger partial charge in [-0.3, -0.25) is 0 Å². The van der Waals surface area contributed by atoms with Crippen LogP contribution in [0.25, 0.3) is 10.8 Å². The van der Waals surface area contributed by atoms with Crippen molar-refractivity contribution < 1.29 is 4.39 Å². The van der Waals surface area contributed by atoms with E-state index < -0.39 is 0 Å². The van der Waals surface area contributed by atoms with E-state index in [-0.39, 0.29) is 11.9 Å². The summed E-state index contributed by atoms with van der Waals surface area (Å²) < 4.78 is 13.4.